The lowest BCUT2D eigenvalue weighted by atomic mass is 10.1. The first-order chi connectivity index (χ1) is 9.06. The fourth-order valence-electron chi connectivity index (χ4n) is 2.16. The molecule has 0 aliphatic carbocycles. The Morgan fingerprint density at radius 1 is 1.21 bits per heavy atom. The third-order valence-corrected chi connectivity index (χ3v) is 4.29. The van der Waals surface area contributed by atoms with E-state index in [9.17, 15) is 9.59 Å². The molecule has 1 aromatic carbocycles. The molecule has 19 heavy (non-hydrogen) atoms. The van der Waals surface area contributed by atoms with Gasteiger partial charge in [0, 0.05) is 4.88 Å². The van der Waals surface area contributed by atoms with Crippen molar-refractivity contribution in [3.05, 3.63) is 50.7 Å². The molecule has 0 atom stereocenters. The summed E-state index contributed by atoms with van der Waals surface area (Å²) in [4.78, 5) is 26.4. The maximum Gasteiger partial charge on any atom is 0.299 e. The summed E-state index contributed by atoms with van der Waals surface area (Å²) in [6, 6.07) is 9.15. The summed E-state index contributed by atoms with van der Waals surface area (Å²) in [5.41, 5.74) is 2.15. The molecule has 1 aromatic heterocycles. The van der Waals surface area contributed by atoms with Gasteiger partial charge in [0.2, 0.25) is 0 Å². The third kappa shape index (κ3) is 2.07. The summed E-state index contributed by atoms with van der Waals surface area (Å²) in [5, 5.41) is 0. The molecule has 0 N–H and O–H groups in total. The molecule has 3 nitrogen and oxygen atoms in total. The van der Waals surface area contributed by atoms with Crippen molar-refractivity contribution in [2.24, 2.45) is 0 Å². The second-order valence-corrected chi connectivity index (χ2v) is 6.25. The van der Waals surface area contributed by atoms with Crippen LogP contribution in [0.5, 0.6) is 0 Å². The number of ketones is 1. The van der Waals surface area contributed by atoms with Crippen LogP contribution in [0, 0.1) is 6.92 Å². The Bertz CT molecular complexity index is 693. The second-order valence-electron chi connectivity index (χ2n) is 4.45. The molecule has 3 rings (SSSR count). The van der Waals surface area contributed by atoms with Gasteiger partial charge in [-0.15, -0.1) is 11.3 Å². The number of Topliss-reactive ketones (excluding diaryl/α,β-unsaturated/α-hetero) is 1. The van der Waals surface area contributed by atoms with Gasteiger partial charge < -0.3 is 0 Å². The maximum absolute atomic E-state index is 12.0. The molecule has 96 valence electrons. The first-order valence-electron chi connectivity index (χ1n) is 5.77. The molecule has 1 aliphatic rings. The van der Waals surface area contributed by atoms with Crippen LogP contribution in [0.4, 0.5) is 5.69 Å². The zero-order valence-electron chi connectivity index (χ0n) is 10.1. The van der Waals surface area contributed by atoms with E-state index in [1.54, 1.807) is 12.1 Å². The predicted octanol–water partition coefficient (Wildman–Crippen LogP) is 3.44. The molecule has 0 fully saturated rings. The summed E-state index contributed by atoms with van der Waals surface area (Å²) >= 11 is 7.30. The Kier molecular flexibility index (Phi) is 2.92. The van der Waals surface area contributed by atoms with Crippen molar-refractivity contribution in [1.29, 1.82) is 0 Å². The summed E-state index contributed by atoms with van der Waals surface area (Å²) in [7, 11) is 0. The number of halogens is 1. The van der Waals surface area contributed by atoms with Crippen molar-refractivity contribution in [3.63, 3.8) is 0 Å². The quantitative estimate of drug-likeness (QED) is 0.795. The molecule has 2 aromatic rings. The predicted molar refractivity (Wildman–Crippen MR) is 76.0 cm³/mol. The van der Waals surface area contributed by atoms with E-state index in [1.165, 1.54) is 16.2 Å². The largest absolute Gasteiger partial charge is 0.300 e. The Morgan fingerprint density at radius 3 is 2.68 bits per heavy atom. The number of anilines is 1. The van der Waals surface area contributed by atoms with Gasteiger partial charge in [-0.1, -0.05) is 23.2 Å². The standard InChI is InChI=1S/C14H10ClNO2S/c1-8-2-4-11-10(6-8)13(17)14(18)16(11)7-9-3-5-12(15)19-9/h2-6H,7H2,1H3. The average Bonchev–Trinajstić information content (AvgIpc) is 2.88. The van der Waals surface area contributed by atoms with Gasteiger partial charge in [-0.3, -0.25) is 14.5 Å². The van der Waals surface area contributed by atoms with Gasteiger partial charge >= 0.3 is 0 Å². The van der Waals surface area contributed by atoms with E-state index in [1.807, 2.05) is 25.1 Å². The molecule has 0 unspecified atom stereocenters. The first-order valence-corrected chi connectivity index (χ1v) is 6.97. The van der Waals surface area contributed by atoms with Crippen LogP contribution in [0.15, 0.2) is 30.3 Å². The van der Waals surface area contributed by atoms with E-state index in [4.69, 9.17) is 11.6 Å². The number of rotatable bonds is 2. The normalized spacial score (nSPS) is 14.1. The van der Waals surface area contributed by atoms with Crippen LogP contribution in [-0.4, -0.2) is 11.7 Å². The number of carbonyl (C=O) groups excluding carboxylic acids is 2. The van der Waals surface area contributed by atoms with E-state index < -0.39 is 11.7 Å². The van der Waals surface area contributed by atoms with E-state index >= 15 is 0 Å². The van der Waals surface area contributed by atoms with E-state index in [2.05, 4.69) is 0 Å². The molecule has 1 aliphatic heterocycles. The minimum atomic E-state index is -0.467. The van der Waals surface area contributed by atoms with Crippen LogP contribution in [0.3, 0.4) is 0 Å². The number of amides is 1. The second kappa shape index (κ2) is 4.47. The Labute approximate surface area is 119 Å². The average molecular weight is 292 g/mol. The smallest absolute Gasteiger partial charge is 0.299 e. The van der Waals surface area contributed by atoms with Crippen molar-refractivity contribution in [1.82, 2.24) is 0 Å². The summed E-state index contributed by atoms with van der Waals surface area (Å²) in [5.74, 6) is -0.897. The highest BCUT2D eigenvalue weighted by Crippen LogP contribution is 2.32. The number of thiophene rings is 1. The highest BCUT2D eigenvalue weighted by molar-refractivity contribution is 7.16. The molecule has 1 amide bonds. The van der Waals surface area contributed by atoms with Crippen LogP contribution in [-0.2, 0) is 11.3 Å². The zero-order chi connectivity index (χ0) is 13.6. The lowest BCUT2D eigenvalue weighted by Crippen LogP contribution is -2.28. The number of carbonyl (C=O) groups is 2. The molecule has 0 spiro atoms. The molecular weight excluding hydrogens is 282 g/mol. The Morgan fingerprint density at radius 2 is 2.00 bits per heavy atom. The fourth-order valence-corrected chi connectivity index (χ4v) is 3.24. The summed E-state index contributed by atoms with van der Waals surface area (Å²) < 4.78 is 0.678. The van der Waals surface area contributed by atoms with Crippen LogP contribution >= 0.6 is 22.9 Å². The van der Waals surface area contributed by atoms with Gasteiger partial charge in [-0.2, -0.15) is 0 Å². The molecular formula is C14H10ClNO2S. The minimum absolute atomic E-state index is 0.387. The monoisotopic (exact) mass is 291 g/mol. The summed E-state index contributed by atoms with van der Waals surface area (Å²) in [6.07, 6.45) is 0. The fraction of sp³-hybridized carbons (Fsp3) is 0.143. The number of fused-ring (bicyclic) bond motifs is 1. The van der Waals surface area contributed by atoms with Crippen LogP contribution in [0.1, 0.15) is 20.8 Å². The van der Waals surface area contributed by atoms with Crippen molar-refractivity contribution in [2.75, 3.05) is 4.90 Å². The van der Waals surface area contributed by atoms with Crippen molar-refractivity contribution < 1.29 is 9.59 Å². The molecule has 0 radical (unpaired) electrons. The molecule has 2 heterocycles. The molecule has 0 saturated heterocycles. The maximum atomic E-state index is 12.0. The van der Waals surface area contributed by atoms with Gasteiger partial charge in [0.25, 0.3) is 11.7 Å². The zero-order valence-corrected chi connectivity index (χ0v) is 11.7. The lowest BCUT2D eigenvalue weighted by Gasteiger charge is -2.15. The lowest BCUT2D eigenvalue weighted by molar-refractivity contribution is -0.114. The number of aryl methyl sites for hydroxylation is 1. The highest BCUT2D eigenvalue weighted by atomic mass is 35.5. The van der Waals surface area contributed by atoms with Gasteiger partial charge in [0.05, 0.1) is 22.1 Å². The van der Waals surface area contributed by atoms with Gasteiger partial charge in [-0.25, -0.2) is 0 Å². The number of nitrogens with zero attached hydrogens (tertiary/aromatic N) is 1. The molecule has 0 bridgehead atoms. The van der Waals surface area contributed by atoms with E-state index in [0.29, 0.717) is 22.1 Å². The van der Waals surface area contributed by atoms with E-state index in [0.717, 1.165) is 10.4 Å². The minimum Gasteiger partial charge on any atom is -0.300 e. The highest BCUT2D eigenvalue weighted by Gasteiger charge is 2.35. The van der Waals surface area contributed by atoms with Crippen LogP contribution in [0.25, 0.3) is 0 Å². The first kappa shape index (κ1) is 12.4. The van der Waals surface area contributed by atoms with Gasteiger partial charge in [-0.05, 0) is 31.2 Å². The van der Waals surface area contributed by atoms with Gasteiger partial charge in [0.15, 0.2) is 0 Å². The van der Waals surface area contributed by atoms with Gasteiger partial charge in [0.1, 0.15) is 0 Å². The number of hydrogen-bond acceptors (Lipinski definition) is 3. The summed E-state index contributed by atoms with van der Waals surface area (Å²) in [6.45, 7) is 2.29. The SMILES string of the molecule is Cc1ccc2c(c1)C(=O)C(=O)N2Cc1ccc(Cl)s1. The number of benzene rings is 1. The van der Waals surface area contributed by atoms with Crippen molar-refractivity contribution >= 4 is 40.3 Å². The Hall–Kier alpha value is -1.65. The van der Waals surface area contributed by atoms with Crippen molar-refractivity contribution in [2.45, 2.75) is 13.5 Å². The Balaban J connectivity index is 1.99. The third-order valence-electron chi connectivity index (χ3n) is 3.07. The number of hydrogen-bond donors (Lipinski definition) is 0. The molecule has 5 heteroatoms. The van der Waals surface area contributed by atoms with Crippen LogP contribution < -0.4 is 4.90 Å². The topological polar surface area (TPSA) is 37.4 Å². The van der Waals surface area contributed by atoms with Crippen molar-refractivity contribution in [3.8, 4) is 0 Å². The van der Waals surface area contributed by atoms with Crippen LogP contribution in [0.2, 0.25) is 4.34 Å². The van der Waals surface area contributed by atoms with E-state index in [-0.39, 0.29) is 0 Å². The molecule has 0 saturated carbocycles.